The Kier molecular flexibility index (Phi) is 6.11. The van der Waals surface area contributed by atoms with Gasteiger partial charge >= 0.3 is 5.69 Å². The van der Waals surface area contributed by atoms with Crippen molar-refractivity contribution in [3.63, 3.8) is 0 Å². The van der Waals surface area contributed by atoms with Crippen molar-refractivity contribution in [3.8, 4) is 0 Å². The van der Waals surface area contributed by atoms with Gasteiger partial charge in [-0.1, -0.05) is 32.9 Å². The molecule has 0 radical (unpaired) electrons. The van der Waals surface area contributed by atoms with E-state index in [-0.39, 0.29) is 23.2 Å². The Hall–Kier alpha value is -2.71. The Morgan fingerprint density at radius 2 is 1.82 bits per heavy atom. The van der Waals surface area contributed by atoms with Crippen LogP contribution in [0.5, 0.6) is 0 Å². The van der Waals surface area contributed by atoms with Crippen LogP contribution in [0.15, 0.2) is 36.4 Å². The second-order valence-corrected chi connectivity index (χ2v) is 7.66. The molecule has 8 nitrogen and oxygen atoms in total. The fourth-order valence-corrected chi connectivity index (χ4v) is 2.87. The molecular weight excluding hydrogens is 360 g/mol. The normalized spacial score (nSPS) is 14.8. The van der Waals surface area contributed by atoms with Crippen LogP contribution >= 0.6 is 0 Å². The molecule has 150 valence electrons. The zero-order valence-electron chi connectivity index (χ0n) is 16.4. The molecule has 0 aliphatic carbocycles. The lowest BCUT2D eigenvalue weighted by Crippen LogP contribution is -2.15. The minimum absolute atomic E-state index is 0.0410. The van der Waals surface area contributed by atoms with Gasteiger partial charge < -0.3 is 20.1 Å². The molecule has 2 N–H and O–H groups in total. The van der Waals surface area contributed by atoms with Crippen LogP contribution in [0.2, 0.25) is 0 Å². The van der Waals surface area contributed by atoms with E-state index in [1.807, 2.05) is 24.3 Å². The summed E-state index contributed by atoms with van der Waals surface area (Å²) in [6, 6.07) is 10.9. The summed E-state index contributed by atoms with van der Waals surface area (Å²) in [5.74, 6) is 0.754. The molecule has 0 atom stereocenters. The number of nitro groups is 1. The van der Waals surface area contributed by atoms with Gasteiger partial charge in [-0.25, -0.2) is 4.98 Å². The third-order valence-corrected chi connectivity index (χ3v) is 4.46. The molecule has 1 aromatic heterocycles. The van der Waals surface area contributed by atoms with E-state index in [9.17, 15) is 10.1 Å². The van der Waals surface area contributed by atoms with Crippen LogP contribution in [0, 0.1) is 10.1 Å². The zero-order chi connectivity index (χ0) is 20.1. The fourth-order valence-electron chi connectivity index (χ4n) is 2.87. The van der Waals surface area contributed by atoms with E-state index in [0.29, 0.717) is 32.0 Å². The van der Waals surface area contributed by atoms with E-state index in [0.717, 1.165) is 5.69 Å². The van der Waals surface area contributed by atoms with E-state index in [2.05, 4.69) is 36.4 Å². The molecule has 1 aliphatic rings. The second-order valence-electron chi connectivity index (χ2n) is 7.66. The Morgan fingerprint density at radius 3 is 2.43 bits per heavy atom. The lowest BCUT2D eigenvalue weighted by Gasteiger charge is -2.19. The van der Waals surface area contributed by atoms with Gasteiger partial charge in [0.05, 0.1) is 18.1 Å². The Labute approximate surface area is 164 Å². The minimum Gasteiger partial charge on any atom is -0.370 e. The Bertz CT molecular complexity index is 812. The fraction of sp³-hybridized carbons (Fsp3) is 0.450. The van der Waals surface area contributed by atoms with E-state index < -0.39 is 4.92 Å². The monoisotopic (exact) mass is 386 g/mol. The number of anilines is 3. The molecule has 0 saturated carbocycles. The number of ether oxygens (including phenoxy) is 2. The van der Waals surface area contributed by atoms with Crippen molar-refractivity contribution in [2.45, 2.75) is 38.9 Å². The largest absolute Gasteiger partial charge is 0.370 e. The smallest absolute Gasteiger partial charge is 0.311 e. The highest BCUT2D eigenvalue weighted by molar-refractivity contribution is 5.67. The van der Waals surface area contributed by atoms with E-state index >= 15 is 0 Å². The van der Waals surface area contributed by atoms with Gasteiger partial charge in [0.1, 0.15) is 5.82 Å². The summed E-state index contributed by atoms with van der Waals surface area (Å²) in [6.07, 6.45) is 0.472. The molecule has 0 bridgehead atoms. The summed E-state index contributed by atoms with van der Waals surface area (Å²) >= 11 is 0. The number of rotatable bonds is 7. The van der Waals surface area contributed by atoms with Crippen molar-refractivity contribution in [2.24, 2.45) is 0 Å². The first-order chi connectivity index (χ1) is 13.3. The molecule has 1 fully saturated rings. The Morgan fingerprint density at radius 1 is 1.14 bits per heavy atom. The van der Waals surface area contributed by atoms with Gasteiger partial charge in [0.15, 0.2) is 6.29 Å². The lowest BCUT2D eigenvalue weighted by atomic mass is 9.87. The summed E-state index contributed by atoms with van der Waals surface area (Å²) in [5.41, 5.74) is 1.90. The van der Waals surface area contributed by atoms with Crippen molar-refractivity contribution in [3.05, 3.63) is 52.1 Å². The highest BCUT2D eigenvalue weighted by Gasteiger charge is 2.18. The number of hydrogen-bond donors (Lipinski definition) is 2. The van der Waals surface area contributed by atoms with Crippen molar-refractivity contribution in [1.29, 1.82) is 0 Å². The number of aromatic nitrogens is 1. The van der Waals surface area contributed by atoms with Crippen LogP contribution in [-0.4, -0.2) is 36.0 Å². The zero-order valence-corrected chi connectivity index (χ0v) is 16.4. The van der Waals surface area contributed by atoms with Gasteiger partial charge in [0.25, 0.3) is 0 Å². The summed E-state index contributed by atoms with van der Waals surface area (Å²) in [4.78, 5) is 15.3. The van der Waals surface area contributed by atoms with Gasteiger partial charge in [-0.3, -0.25) is 10.1 Å². The molecule has 1 saturated heterocycles. The summed E-state index contributed by atoms with van der Waals surface area (Å²) < 4.78 is 10.8. The molecule has 8 heteroatoms. The van der Waals surface area contributed by atoms with Crippen molar-refractivity contribution >= 4 is 23.0 Å². The van der Waals surface area contributed by atoms with Gasteiger partial charge in [-0.05, 0) is 29.2 Å². The maximum Gasteiger partial charge on any atom is 0.311 e. The molecular formula is C20H26N4O4. The molecule has 28 heavy (non-hydrogen) atoms. The van der Waals surface area contributed by atoms with Crippen LogP contribution in [0.3, 0.4) is 0 Å². The maximum absolute atomic E-state index is 11.4. The third kappa shape index (κ3) is 5.17. The van der Waals surface area contributed by atoms with Gasteiger partial charge in [0, 0.05) is 24.7 Å². The van der Waals surface area contributed by atoms with Gasteiger partial charge in [-0.15, -0.1) is 0 Å². The first-order valence-electron chi connectivity index (χ1n) is 9.33. The summed E-state index contributed by atoms with van der Waals surface area (Å²) in [6.45, 7) is 8.23. The molecule has 3 rings (SSSR count). The standard InChI is InChI=1S/C20H26N4O4/c1-20(2,3)14-4-6-15(7-5-14)22-19-16(24(25)26)8-9-17(23-19)21-11-10-18-27-12-13-28-18/h4-9,18H,10-13H2,1-3H3,(H2,21,22,23). The number of pyridine rings is 1. The molecule has 0 unspecified atom stereocenters. The SMILES string of the molecule is CC(C)(C)c1ccc(Nc2nc(NCCC3OCCO3)ccc2[N+](=O)[O-])cc1. The van der Waals surface area contributed by atoms with Crippen LogP contribution in [0.1, 0.15) is 32.8 Å². The van der Waals surface area contributed by atoms with Crippen LogP contribution in [-0.2, 0) is 14.9 Å². The number of benzene rings is 1. The molecule has 1 aliphatic heterocycles. The molecule has 1 aromatic carbocycles. The summed E-state index contributed by atoms with van der Waals surface area (Å²) in [7, 11) is 0. The van der Waals surface area contributed by atoms with E-state index in [1.165, 1.54) is 11.6 Å². The van der Waals surface area contributed by atoms with Crippen molar-refractivity contribution < 1.29 is 14.4 Å². The number of hydrogen-bond acceptors (Lipinski definition) is 7. The maximum atomic E-state index is 11.4. The number of nitrogens with one attached hydrogen (secondary N) is 2. The van der Waals surface area contributed by atoms with Gasteiger partial charge in [0.2, 0.25) is 5.82 Å². The molecule has 2 aromatic rings. The molecule has 0 spiro atoms. The first-order valence-corrected chi connectivity index (χ1v) is 9.33. The van der Waals surface area contributed by atoms with E-state index in [1.54, 1.807) is 6.07 Å². The Balaban J connectivity index is 1.71. The predicted octanol–water partition coefficient (Wildman–Crippen LogP) is 4.21. The third-order valence-electron chi connectivity index (χ3n) is 4.46. The lowest BCUT2D eigenvalue weighted by molar-refractivity contribution is -0.384. The highest BCUT2D eigenvalue weighted by atomic mass is 16.7. The van der Waals surface area contributed by atoms with E-state index in [4.69, 9.17) is 9.47 Å². The summed E-state index contributed by atoms with van der Waals surface area (Å²) in [5, 5.41) is 17.6. The average molecular weight is 386 g/mol. The topological polar surface area (TPSA) is 98.6 Å². The molecule has 0 amide bonds. The number of nitrogens with zero attached hydrogens (tertiary/aromatic N) is 2. The quantitative estimate of drug-likeness (QED) is 0.543. The minimum atomic E-state index is -0.442. The molecule has 2 heterocycles. The van der Waals surface area contributed by atoms with Crippen molar-refractivity contribution in [1.82, 2.24) is 4.98 Å². The van der Waals surface area contributed by atoms with Crippen molar-refractivity contribution in [2.75, 3.05) is 30.4 Å². The van der Waals surface area contributed by atoms with Crippen LogP contribution in [0.25, 0.3) is 0 Å². The van der Waals surface area contributed by atoms with Crippen LogP contribution < -0.4 is 10.6 Å². The van der Waals surface area contributed by atoms with Gasteiger partial charge in [-0.2, -0.15) is 0 Å². The average Bonchev–Trinajstić information content (AvgIpc) is 3.15. The highest BCUT2D eigenvalue weighted by Crippen LogP contribution is 2.29. The first kappa shape index (κ1) is 20.0. The second kappa shape index (κ2) is 8.53. The van der Waals surface area contributed by atoms with Crippen LogP contribution in [0.4, 0.5) is 23.0 Å². The predicted molar refractivity (Wildman–Crippen MR) is 108 cm³/mol.